The zero-order valence-electron chi connectivity index (χ0n) is 19.6. The Balaban J connectivity index is 1.57. The van der Waals surface area contributed by atoms with Crippen molar-refractivity contribution in [3.63, 3.8) is 0 Å². The number of hydrogen-bond donors (Lipinski definition) is 1. The molecule has 0 aliphatic heterocycles. The molecule has 0 atom stereocenters. The Morgan fingerprint density at radius 3 is 2.71 bits per heavy atom. The number of nitrogens with zero attached hydrogens (tertiary/aromatic N) is 4. The number of benzene rings is 1. The van der Waals surface area contributed by atoms with Crippen LogP contribution in [0.15, 0.2) is 40.4 Å². The first-order chi connectivity index (χ1) is 16.4. The van der Waals surface area contributed by atoms with Gasteiger partial charge in [0.2, 0.25) is 5.91 Å². The maximum Gasteiger partial charge on any atom is 0.337 e. The number of methoxy groups -OCH3 is 1. The van der Waals surface area contributed by atoms with Gasteiger partial charge in [-0.2, -0.15) is 5.10 Å². The van der Waals surface area contributed by atoms with Crippen molar-refractivity contribution in [2.45, 2.75) is 57.3 Å². The van der Waals surface area contributed by atoms with Crippen LogP contribution in [-0.2, 0) is 16.1 Å². The van der Waals surface area contributed by atoms with Crippen molar-refractivity contribution in [2.75, 3.05) is 18.2 Å². The van der Waals surface area contributed by atoms with Crippen LogP contribution in [-0.4, -0.2) is 44.1 Å². The molecule has 2 heterocycles. The molecule has 0 saturated heterocycles. The van der Waals surface area contributed by atoms with Gasteiger partial charge in [-0.25, -0.2) is 14.5 Å². The van der Waals surface area contributed by atoms with Crippen LogP contribution in [0.2, 0.25) is 0 Å². The minimum atomic E-state index is -0.498. The van der Waals surface area contributed by atoms with E-state index in [2.05, 4.69) is 15.4 Å². The smallest absolute Gasteiger partial charge is 0.337 e. The first kappa shape index (κ1) is 24.0. The minimum absolute atomic E-state index is 0.0859. The highest BCUT2D eigenvalue weighted by Crippen LogP contribution is 2.31. The molecule has 2 aromatic heterocycles. The summed E-state index contributed by atoms with van der Waals surface area (Å²) in [6, 6.07) is 6.83. The zero-order valence-corrected chi connectivity index (χ0v) is 20.4. The Hall–Kier alpha value is -3.14. The molecule has 0 radical (unpaired) electrons. The molecular formula is C24H29N5O4S. The normalized spacial score (nSPS) is 14.1. The summed E-state index contributed by atoms with van der Waals surface area (Å²) in [6.07, 6.45) is 6.18. The topological polar surface area (TPSA) is 108 Å². The Morgan fingerprint density at radius 1 is 1.24 bits per heavy atom. The van der Waals surface area contributed by atoms with Gasteiger partial charge in [0.05, 0.1) is 41.6 Å². The number of esters is 1. The monoisotopic (exact) mass is 483 g/mol. The molecule has 1 amide bonds. The number of nitrogens with one attached hydrogen (secondary N) is 1. The lowest BCUT2D eigenvalue weighted by molar-refractivity contribution is -0.113. The third-order valence-corrected chi connectivity index (χ3v) is 6.81. The number of rotatable bonds is 8. The maximum atomic E-state index is 13.2. The minimum Gasteiger partial charge on any atom is -0.465 e. The Morgan fingerprint density at radius 2 is 2.00 bits per heavy atom. The van der Waals surface area contributed by atoms with E-state index in [9.17, 15) is 14.4 Å². The van der Waals surface area contributed by atoms with Crippen LogP contribution in [0.25, 0.3) is 10.9 Å². The first-order valence-electron chi connectivity index (χ1n) is 11.5. The third-order valence-electron chi connectivity index (χ3n) is 5.83. The number of amides is 1. The Bertz CT molecular complexity index is 1260. The van der Waals surface area contributed by atoms with Gasteiger partial charge in [0.15, 0.2) is 5.16 Å². The second-order valence-electron chi connectivity index (χ2n) is 8.86. The first-order valence-corrected chi connectivity index (χ1v) is 12.4. The summed E-state index contributed by atoms with van der Waals surface area (Å²) >= 11 is 1.20. The molecule has 4 rings (SSSR count). The standard InChI is InChI=1S/C24H29N5O4S/c1-15(2)13-28-22(31)18-9-8-16(23(32)33-3)12-19(18)26-24(28)34-14-21(30)27-20-10-11-25-29(20)17-6-4-5-7-17/h8-12,15,17H,4-7,13-14H2,1-3H3,(H,27,30). The van der Waals surface area contributed by atoms with Crippen molar-refractivity contribution in [1.82, 2.24) is 19.3 Å². The highest BCUT2D eigenvalue weighted by Gasteiger charge is 2.21. The van der Waals surface area contributed by atoms with E-state index in [1.54, 1.807) is 35.0 Å². The average Bonchev–Trinajstić information content (AvgIpc) is 3.50. The van der Waals surface area contributed by atoms with E-state index in [4.69, 9.17) is 4.74 Å². The van der Waals surface area contributed by atoms with Crippen LogP contribution in [0.3, 0.4) is 0 Å². The van der Waals surface area contributed by atoms with Gasteiger partial charge >= 0.3 is 5.97 Å². The quantitative estimate of drug-likeness (QED) is 0.294. The fourth-order valence-electron chi connectivity index (χ4n) is 4.24. The van der Waals surface area contributed by atoms with Crippen molar-refractivity contribution in [3.05, 3.63) is 46.4 Å². The van der Waals surface area contributed by atoms with Gasteiger partial charge in [0, 0.05) is 12.6 Å². The molecule has 9 nitrogen and oxygen atoms in total. The van der Waals surface area contributed by atoms with Gasteiger partial charge < -0.3 is 10.1 Å². The van der Waals surface area contributed by atoms with E-state index in [0.29, 0.717) is 40.0 Å². The van der Waals surface area contributed by atoms with Gasteiger partial charge in [0.25, 0.3) is 5.56 Å². The maximum absolute atomic E-state index is 13.2. The van der Waals surface area contributed by atoms with Crippen molar-refractivity contribution in [3.8, 4) is 0 Å². The van der Waals surface area contributed by atoms with Crippen LogP contribution in [0.1, 0.15) is 55.9 Å². The van der Waals surface area contributed by atoms with Gasteiger partial charge in [-0.05, 0) is 37.0 Å². The van der Waals surface area contributed by atoms with E-state index in [-0.39, 0.29) is 23.1 Å². The van der Waals surface area contributed by atoms with Crippen LogP contribution < -0.4 is 10.9 Å². The average molecular weight is 484 g/mol. The Kier molecular flexibility index (Phi) is 7.35. The van der Waals surface area contributed by atoms with Gasteiger partial charge in [-0.1, -0.05) is 38.5 Å². The number of ether oxygens (including phenoxy) is 1. The molecule has 10 heteroatoms. The molecule has 1 saturated carbocycles. The van der Waals surface area contributed by atoms with Crippen LogP contribution in [0, 0.1) is 5.92 Å². The fraction of sp³-hybridized carbons (Fsp3) is 0.458. The number of carbonyl (C=O) groups is 2. The van der Waals surface area contributed by atoms with E-state index in [0.717, 1.165) is 12.8 Å². The lowest BCUT2D eigenvalue weighted by Crippen LogP contribution is -2.26. The molecule has 1 aliphatic carbocycles. The molecule has 180 valence electrons. The highest BCUT2D eigenvalue weighted by molar-refractivity contribution is 7.99. The summed E-state index contributed by atoms with van der Waals surface area (Å²) in [5.41, 5.74) is 0.518. The molecule has 3 aromatic rings. The summed E-state index contributed by atoms with van der Waals surface area (Å²) in [4.78, 5) is 42.5. The zero-order chi connectivity index (χ0) is 24.2. The molecule has 1 aliphatic rings. The second-order valence-corrected chi connectivity index (χ2v) is 9.81. The van der Waals surface area contributed by atoms with Crippen LogP contribution in [0.5, 0.6) is 0 Å². The van der Waals surface area contributed by atoms with E-state index in [1.807, 2.05) is 18.5 Å². The van der Waals surface area contributed by atoms with Crippen molar-refractivity contribution in [2.24, 2.45) is 5.92 Å². The number of anilines is 1. The molecule has 1 aromatic carbocycles. The lowest BCUT2D eigenvalue weighted by Gasteiger charge is -2.16. The summed E-state index contributed by atoms with van der Waals surface area (Å²) in [5.74, 6) is 0.287. The summed E-state index contributed by atoms with van der Waals surface area (Å²) in [6.45, 7) is 4.50. The number of aromatic nitrogens is 4. The fourth-order valence-corrected chi connectivity index (χ4v) is 5.05. The van der Waals surface area contributed by atoms with Crippen molar-refractivity contribution < 1.29 is 14.3 Å². The third kappa shape index (κ3) is 5.16. The molecule has 34 heavy (non-hydrogen) atoms. The number of thioether (sulfide) groups is 1. The highest BCUT2D eigenvalue weighted by atomic mass is 32.2. The molecule has 0 spiro atoms. The van der Waals surface area contributed by atoms with E-state index < -0.39 is 5.97 Å². The van der Waals surface area contributed by atoms with Crippen LogP contribution in [0.4, 0.5) is 5.82 Å². The van der Waals surface area contributed by atoms with Gasteiger partial charge in [-0.3, -0.25) is 14.2 Å². The number of hydrogen-bond acceptors (Lipinski definition) is 7. The summed E-state index contributed by atoms with van der Waals surface area (Å²) < 4.78 is 8.28. The van der Waals surface area contributed by atoms with Gasteiger partial charge in [0.1, 0.15) is 5.82 Å². The lowest BCUT2D eigenvalue weighted by atomic mass is 10.1. The van der Waals surface area contributed by atoms with Crippen molar-refractivity contribution >= 4 is 40.4 Å². The summed E-state index contributed by atoms with van der Waals surface area (Å²) in [7, 11) is 1.30. The Labute approximate surface area is 201 Å². The predicted molar refractivity (Wildman–Crippen MR) is 131 cm³/mol. The number of carbonyl (C=O) groups excluding carboxylic acids is 2. The van der Waals surface area contributed by atoms with E-state index in [1.165, 1.54) is 31.7 Å². The van der Waals surface area contributed by atoms with Gasteiger partial charge in [-0.15, -0.1) is 0 Å². The SMILES string of the molecule is COC(=O)c1ccc2c(=O)n(CC(C)C)c(SCC(=O)Nc3ccnn3C3CCCC3)nc2c1. The molecule has 0 bridgehead atoms. The van der Waals surface area contributed by atoms with Crippen molar-refractivity contribution in [1.29, 1.82) is 0 Å². The molecule has 1 fully saturated rings. The van der Waals surface area contributed by atoms with E-state index >= 15 is 0 Å². The second kappa shape index (κ2) is 10.4. The molecule has 0 unspecified atom stereocenters. The molecule has 1 N–H and O–H groups in total. The summed E-state index contributed by atoms with van der Waals surface area (Å²) in [5, 5.41) is 8.19. The largest absolute Gasteiger partial charge is 0.465 e. The molecular weight excluding hydrogens is 454 g/mol. The van der Waals surface area contributed by atoms with Crippen LogP contribution >= 0.6 is 11.8 Å². The predicted octanol–water partition coefficient (Wildman–Crippen LogP) is 3.88. The number of fused-ring (bicyclic) bond motifs is 1.